The van der Waals surface area contributed by atoms with Crippen LogP contribution in [0, 0.1) is 10.1 Å². The van der Waals surface area contributed by atoms with E-state index in [1.807, 2.05) is 0 Å². The van der Waals surface area contributed by atoms with Crippen molar-refractivity contribution in [2.24, 2.45) is 5.11 Å². The van der Waals surface area contributed by atoms with E-state index in [-0.39, 0.29) is 12.3 Å². The maximum Gasteiger partial charge on any atom is 0.314 e. The van der Waals surface area contributed by atoms with Gasteiger partial charge in [-0.3, -0.25) is 10.1 Å². The summed E-state index contributed by atoms with van der Waals surface area (Å²) in [5.74, 6) is -0.486. The molecule has 0 amide bonds. The normalized spacial score (nSPS) is 9.47. The van der Waals surface area contributed by atoms with E-state index in [1.54, 1.807) is 0 Å². The third-order valence-corrected chi connectivity index (χ3v) is 2.09. The maximum absolute atomic E-state index is 10.7. The van der Waals surface area contributed by atoms with Crippen LogP contribution in [0.5, 0.6) is 11.5 Å². The molecule has 17 heavy (non-hydrogen) atoms. The second kappa shape index (κ2) is 5.57. The van der Waals surface area contributed by atoms with Crippen molar-refractivity contribution in [2.75, 3.05) is 13.7 Å². The Hall–Kier alpha value is -2.47. The van der Waals surface area contributed by atoms with Crippen LogP contribution in [0.1, 0.15) is 5.56 Å². The molecule has 1 aromatic carbocycles. The fourth-order valence-corrected chi connectivity index (χ4v) is 1.31. The number of ether oxygens (including phenoxy) is 1. The van der Waals surface area contributed by atoms with Gasteiger partial charge >= 0.3 is 5.69 Å². The Bertz CT molecular complexity index is 482. The molecule has 0 saturated carbocycles. The summed E-state index contributed by atoms with van der Waals surface area (Å²) in [5, 5.41) is 23.5. The molecule has 1 aromatic rings. The average molecular weight is 238 g/mol. The SMILES string of the molecule is COc1cc(CCN=[N+]=[N-])cc([N+](=O)[O-])c1O. The van der Waals surface area contributed by atoms with Crippen molar-refractivity contribution in [3.05, 3.63) is 38.3 Å². The number of phenols is 1. The highest BCUT2D eigenvalue weighted by Gasteiger charge is 2.19. The van der Waals surface area contributed by atoms with Gasteiger partial charge in [0, 0.05) is 17.5 Å². The first-order valence-corrected chi connectivity index (χ1v) is 4.65. The van der Waals surface area contributed by atoms with Gasteiger partial charge in [0.05, 0.1) is 12.0 Å². The molecular formula is C9H10N4O4. The highest BCUT2D eigenvalue weighted by Crippen LogP contribution is 2.36. The Kier molecular flexibility index (Phi) is 4.13. The van der Waals surface area contributed by atoms with E-state index in [0.29, 0.717) is 12.0 Å². The van der Waals surface area contributed by atoms with Gasteiger partial charge in [-0.25, -0.2) is 0 Å². The first kappa shape index (κ1) is 12.6. The van der Waals surface area contributed by atoms with E-state index in [1.165, 1.54) is 19.2 Å². The minimum Gasteiger partial charge on any atom is -0.500 e. The Labute approximate surface area is 96.2 Å². The first-order chi connectivity index (χ1) is 8.10. The number of aromatic hydroxyl groups is 1. The lowest BCUT2D eigenvalue weighted by molar-refractivity contribution is -0.386. The lowest BCUT2D eigenvalue weighted by Gasteiger charge is -2.06. The van der Waals surface area contributed by atoms with Gasteiger partial charge in [-0.05, 0) is 23.6 Å². The zero-order valence-electron chi connectivity index (χ0n) is 9.03. The van der Waals surface area contributed by atoms with Crippen molar-refractivity contribution in [3.63, 3.8) is 0 Å². The fraction of sp³-hybridized carbons (Fsp3) is 0.333. The fourth-order valence-electron chi connectivity index (χ4n) is 1.31. The number of benzene rings is 1. The van der Waals surface area contributed by atoms with E-state index in [2.05, 4.69) is 10.0 Å². The summed E-state index contributed by atoms with van der Waals surface area (Å²) in [5.41, 5.74) is 8.24. The predicted molar refractivity (Wildman–Crippen MR) is 59.0 cm³/mol. The Morgan fingerprint density at radius 2 is 2.35 bits per heavy atom. The van der Waals surface area contributed by atoms with Gasteiger partial charge < -0.3 is 9.84 Å². The molecule has 0 atom stereocenters. The molecule has 0 aromatic heterocycles. The van der Waals surface area contributed by atoms with Crippen LogP contribution in [0.15, 0.2) is 17.2 Å². The third kappa shape index (κ3) is 2.99. The van der Waals surface area contributed by atoms with Gasteiger partial charge in [0.15, 0.2) is 5.75 Å². The molecular weight excluding hydrogens is 228 g/mol. The van der Waals surface area contributed by atoms with Crippen LogP contribution < -0.4 is 4.74 Å². The highest BCUT2D eigenvalue weighted by atomic mass is 16.6. The van der Waals surface area contributed by atoms with Gasteiger partial charge in [0.25, 0.3) is 0 Å². The summed E-state index contributed by atoms with van der Waals surface area (Å²) in [6.07, 6.45) is 0.335. The molecule has 8 nitrogen and oxygen atoms in total. The smallest absolute Gasteiger partial charge is 0.314 e. The molecule has 1 rings (SSSR count). The standard InChI is InChI=1S/C9H10N4O4/c1-17-8-5-6(2-3-11-12-10)4-7(9(8)14)13(15)16/h4-5,14H,2-3H2,1H3. The van der Waals surface area contributed by atoms with Crippen molar-refractivity contribution < 1.29 is 14.8 Å². The number of nitro benzene ring substituents is 1. The highest BCUT2D eigenvalue weighted by molar-refractivity contribution is 5.57. The average Bonchev–Trinajstić information content (AvgIpc) is 2.30. The maximum atomic E-state index is 10.7. The lowest BCUT2D eigenvalue weighted by Crippen LogP contribution is -1.96. The number of phenolic OH excluding ortho intramolecular Hbond substituents is 1. The third-order valence-electron chi connectivity index (χ3n) is 2.09. The minimum absolute atomic E-state index is 0.0233. The molecule has 0 aliphatic heterocycles. The molecule has 0 aliphatic carbocycles. The predicted octanol–water partition coefficient (Wildman–Crippen LogP) is 2.16. The van der Waals surface area contributed by atoms with E-state index >= 15 is 0 Å². The lowest BCUT2D eigenvalue weighted by atomic mass is 10.1. The van der Waals surface area contributed by atoms with Crippen LogP contribution in [0.3, 0.4) is 0 Å². The summed E-state index contributed by atoms with van der Waals surface area (Å²) >= 11 is 0. The summed E-state index contributed by atoms with van der Waals surface area (Å²) in [6, 6.07) is 2.69. The molecule has 0 bridgehead atoms. The summed E-state index contributed by atoms with van der Waals surface area (Å²) in [6.45, 7) is 0.182. The zero-order valence-corrected chi connectivity index (χ0v) is 9.03. The number of nitrogens with zero attached hydrogens (tertiary/aromatic N) is 4. The summed E-state index contributed by atoms with van der Waals surface area (Å²) in [4.78, 5) is 12.6. The second-order valence-electron chi connectivity index (χ2n) is 3.13. The number of hydrogen-bond donors (Lipinski definition) is 1. The van der Waals surface area contributed by atoms with Crippen LogP contribution in [0.2, 0.25) is 0 Å². The molecule has 0 heterocycles. The Morgan fingerprint density at radius 3 is 2.88 bits per heavy atom. The largest absolute Gasteiger partial charge is 0.500 e. The van der Waals surface area contributed by atoms with E-state index in [9.17, 15) is 15.2 Å². The van der Waals surface area contributed by atoms with Crippen LogP contribution >= 0.6 is 0 Å². The van der Waals surface area contributed by atoms with Crippen molar-refractivity contribution in [1.29, 1.82) is 0 Å². The van der Waals surface area contributed by atoms with Gasteiger partial charge in [-0.15, -0.1) is 0 Å². The topological polar surface area (TPSA) is 121 Å². The minimum atomic E-state index is -0.699. The van der Waals surface area contributed by atoms with Crippen molar-refractivity contribution in [1.82, 2.24) is 0 Å². The summed E-state index contributed by atoms with van der Waals surface area (Å²) in [7, 11) is 1.30. The molecule has 0 unspecified atom stereocenters. The van der Waals surface area contributed by atoms with E-state index in [0.717, 1.165) is 0 Å². The number of methoxy groups -OCH3 is 1. The van der Waals surface area contributed by atoms with Gasteiger partial charge in [-0.1, -0.05) is 5.11 Å². The number of hydrogen-bond acceptors (Lipinski definition) is 5. The van der Waals surface area contributed by atoms with Gasteiger partial charge in [0.2, 0.25) is 5.75 Å². The second-order valence-corrected chi connectivity index (χ2v) is 3.13. The van der Waals surface area contributed by atoms with E-state index in [4.69, 9.17) is 10.3 Å². The van der Waals surface area contributed by atoms with Crippen LogP contribution in [-0.4, -0.2) is 23.7 Å². The number of nitro groups is 1. The number of azide groups is 1. The molecule has 0 spiro atoms. The molecule has 0 aliphatic rings. The Balaban J connectivity index is 3.10. The zero-order chi connectivity index (χ0) is 12.8. The molecule has 1 N–H and O–H groups in total. The van der Waals surface area contributed by atoms with Crippen molar-refractivity contribution in [2.45, 2.75) is 6.42 Å². The van der Waals surface area contributed by atoms with Crippen molar-refractivity contribution >= 4 is 5.69 Å². The first-order valence-electron chi connectivity index (χ1n) is 4.65. The Morgan fingerprint density at radius 1 is 1.65 bits per heavy atom. The summed E-state index contributed by atoms with van der Waals surface area (Å²) < 4.78 is 4.82. The molecule has 0 saturated heterocycles. The molecule has 8 heteroatoms. The molecule has 90 valence electrons. The monoisotopic (exact) mass is 238 g/mol. The van der Waals surface area contributed by atoms with Gasteiger partial charge in [0.1, 0.15) is 0 Å². The van der Waals surface area contributed by atoms with Gasteiger partial charge in [-0.2, -0.15) is 0 Å². The molecule has 0 fully saturated rings. The molecule has 0 radical (unpaired) electrons. The van der Waals surface area contributed by atoms with Crippen LogP contribution in [-0.2, 0) is 6.42 Å². The van der Waals surface area contributed by atoms with Crippen LogP contribution in [0.4, 0.5) is 5.69 Å². The van der Waals surface area contributed by atoms with Crippen molar-refractivity contribution in [3.8, 4) is 11.5 Å². The van der Waals surface area contributed by atoms with Crippen LogP contribution in [0.25, 0.3) is 10.4 Å². The number of rotatable bonds is 5. The quantitative estimate of drug-likeness (QED) is 0.277. The van der Waals surface area contributed by atoms with E-state index < -0.39 is 16.4 Å².